The second kappa shape index (κ2) is 8.78. The summed E-state index contributed by atoms with van der Waals surface area (Å²) >= 11 is 0. The van der Waals surface area contributed by atoms with Gasteiger partial charge in [-0.15, -0.1) is 0 Å². The number of aromatic nitrogens is 2. The largest absolute Gasteiger partial charge is 0.485 e. The van der Waals surface area contributed by atoms with Gasteiger partial charge in [-0.25, -0.2) is 0 Å². The van der Waals surface area contributed by atoms with Crippen LogP contribution in [-0.2, 0) is 11.3 Å². The molecule has 2 aliphatic rings. The van der Waals surface area contributed by atoms with Gasteiger partial charge in [0.15, 0.2) is 11.5 Å². The third kappa shape index (κ3) is 4.18. The number of likely N-dealkylation sites (tertiary alicyclic amines) is 1. The molecule has 9 heteroatoms. The number of benzene rings is 1. The van der Waals surface area contributed by atoms with Crippen molar-refractivity contribution in [3.8, 4) is 11.5 Å². The van der Waals surface area contributed by atoms with E-state index in [2.05, 4.69) is 15.5 Å². The Morgan fingerprint density at radius 2 is 1.94 bits per heavy atom. The molecule has 1 fully saturated rings. The van der Waals surface area contributed by atoms with Crippen molar-refractivity contribution in [1.29, 1.82) is 0 Å². The first-order valence-corrected chi connectivity index (χ1v) is 10.7. The van der Waals surface area contributed by atoms with Crippen LogP contribution in [0.5, 0.6) is 11.5 Å². The second-order valence-electron chi connectivity index (χ2n) is 7.93. The average Bonchev–Trinajstić information content (AvgIpc) is 3.54. The summed E-state index contributed by atoms with van der Waals surface area (Å²) in [5.74, 6) is 1.84. The van der Waals surface area contributed by atoms with Crippen LogP contribution >= 0.6 is 0 Å². The number of rotatable bonds is 5. The minimum atomic E-state index is -0.627. The fourth-order valence-electron chi connectivity index (χ4n) is 4.09. The molecule has 4 heterocycles. The number of ether oxygens (including phenoxy) is 2. The van der Waals surface area contributed by atoms with Gasteiger partial charge < -0.3 is 24.1 Å². The number of carbonyl (C=O) groups excluding carboxylic acids is 2. The molecule has 5 rings (SSSR count). The lowest BCUT2D eigenvalue weighted by Crippen LogP contribution is -2.48. The maximum atomic E-state index is 12.9. The third-order valence-corrected chi connectivity index (χ3v) is 5.86. The molecule has 0 bridgehead atoms. The van der Waals surface area contributed by atoms with Gasteiger partial charge >= 0.3 is 0 Å². The Balaban J connectivity index is 1.13. The highest BCUT2D eigenvalue weighted by Gasteiger charge is 2.33. The van der Waals surface area contributed by atoms with E-state index in [1.165, 1.54) is 0 Å². The number of para-hydroxylation sites is 2. The van der Waals surface area contributed by atoms with Crippen molar-refractivity contribution in [3.63, 3.8) is 0 Å². The standard InChI is InChI=1S/C23H24N4O5/c28-22(24-13-16-4-3-11-30-16)18-12-17(25-26-18)15-7-9-27(10-8-15)23(29)21-14-31-19-5-1-2-6-20(19)32-21/h1-6,11-12,15,21H,7-10,13-14H2,(H,24,28)(H,25,26). The Labute approximate surface area is 184 Å². The van der Waals surface area contributed by atoms with Crippen LogP contribution in [0.25, 0.3) is 0 Å². The molecule has 1 unspecified atom stereocenters. The van der Waals surface area contributed by atoms with Gasteiger partial charge in [-0.1, -0.05) is 12.1 Å². The van der Waals surface area contributed by atoms with Crippen molar-refractivity contribution < 1.29 is 23.5 Å². The highest BCUT2D eigenvalue weighted by molar-refractivity contribution is 5.92. The van der Waals surface area contributed by atoms with Crippen molar-refractivity contribution in [2.24, 2.45) is 0 Å². The van der Waals surface area contributed by atoms with Crippen molar-refractivity contribution in [1.82, 2.24) is 20.4 Å². The number of amides is 2. The first-order valence-electron chi connectivity index (χ1n) is 10.7. The van der Waals surface area contributed by atoms with Crippen molar-refractivity contribution in [3.05, 3.63) is 65.9 Å². The number of fused-ring (bicyclic) bond motifs is 1. The highest BCUT2D eigenvalue weighted by Crippen LogP contribution is 2.32. The number of aromatic amines is 1. The Morgan fingerprint density at radius 3 is 2.72 bits per heavy atom. The Bertz CT molecular complexity index is 1090. The van der Waals surface area contributed by atoms with Gasteiger partial charge in [0, 0.05) is 24.7 Å². The van der Waals surface area contributed by atoms with Gasteiger partial charge in [0.05, 0.1) is 12.8 Å². The van der Waals surface area contributed by atoms with E-state index in [4.69, 9.17) is 13.9 Å². The molecule has 2 N–H and O–H groups in total. The maximum Gasteiger partial charge on any atom is 0.272 e. The van der Waals surface area contributed by atoms with Gasteiger partial charge in [-0.3, -0.25) is 14.7 Å². The second-order valence-corrected chi connectivity index (χ2v) is 7.93. The molecular weight excluding hydrogens is 412 g/mol. The van der Waals surface area contributed by atoms with E-state index >= 15 is 0 Å². The van der Waals surface area contributed by atoms with Crippen molar-refractivity contribution >= 4 is 11.8 Å². The number of nitrogens with one attached hydrogen (secondary N) is 2. The lowest BCUT2D eigenvalue weighted by Gasteiger charge is -2.35. The first-order chi connectivity index (χ1) is 15.7. The fraction of sp³-hybridized carbons (Fsp3) is 0.348. The van der Waals surface area contributed by atoms with Gasteiger partial charge in [0.2, 0.25) is 6.10 Å². The molecule has 2 aliphatic heterocycles. The summed E-state index contributed by atoms with van der Waals surface area (Å²) in [6, 6.07) is 12.7. The molecule has 32 heavy (non-hydrogen) atoms. The zero-order valence-corrected chi connectivity index (χ0v) is 17.5. The van der Waals surface area contributed by atoms with E-state index in [-0.39, 0.29) is 24.3 Å². The first kappa shape index (κ1) is 20.2. The van der Waals surface area contributed by atoms with E-state index in [0.717, 1.165) is 18.5 Å². The predicted octanol–water partition coefficient (Wildman–Crippen LogP) is 2.48. The minimum absolute atomic E-state index is 0.0550. The predicted molar refractivity (Wildman–Crippen MR) is 113 cm³/mol. The van der Waals surface area contributed by atoms with Gasteiger partial charge in [0.25, 0.3) is 11.8 Å². The maximum absolute atomic E-state index is 12.9. The van der Waals surface area contributed by atoms with Crippen LogP contribution in [0.2, 0.25) is 0 Å². The monoisotopic (exact) mass is 436 g/mol. The topological polar surface area (TPSA) is 110 Å². The average molecular weight is 436 g/mol. The molecule has 2 amide bonds. The van der Waals surface area contributed by atoms with Crippen LogP contribution < -0.4 is 14.8 Å². The number of nitrogens with zero attached hydrogens (tertiary/aromatic N) is 2. The summed E-state index contributed by atoms with van der Waals surface area (Å²) in [4.78, 5) is 27.1. The molecule has 3 aromatic rings. The summed E-state index contributed by atoms with van der Waals surface area (Å²) < 4.78 is 16.8. The van der Waals surface area contributed by atoms with E-state index in [0.29, 0.717) is 42.6 Å². The number of piperidine rings is 1. The number of H-pyrrole nitrogens is 1. The normalized spacial score (nSPS) is 18.4. The number of carbonyl (C=O) groups is 2. The Hall–Kier alpha value is -3.75. The van der Waals surface area contributed by atoms with Crippen LogP contribution in [-0.4, -0.2) is 52.7 Å². The van der Waals surface area contributed by atoms with E-state index in [9.17, 15) is 9.59 Å². The summed E-state index contributed by atoms with van der Waals surface area (Å²) in [7, 11) is 0. The van der Waals surface area contributed by atoms with Crippen LogP contribution in [0, 0.1) is 0 Å². The molecule has 0 saturated carbocycles. The molecule has 9 nitrogen and oxygen atoms in total. The molecule has 0 spiro atoms. The lowest BCUT2D eigenvalue weighted by atomic mass is 9.93. The minimum Gasteiger partial charge on any atom is -0.485 e. The molecule has 166 valence electrons. The number of hydrogen-bond donors (Lipinski definition) is 2. The SMILES string of the molecule is O=C(NCc1ccco1)c1cc(C2CCN(C(=O)C3COc4ccccc4O3)CC2)[nH]n1. The van der Waals surface area contributed by atoms with Crippen LogP contribution in [0.3, 0.4) is 0 Å². The van der Waals surface area contributed by atoms with Crippen molar-refractivity contribution in [2.45, 2.75) is 31.4 Å². The van der Waals surface area contributed by atoms with Gasteiger partial charge in [-0.05, 0) is 43.2 Å². The third-order valence-electron chi connectivity index (χ3n) is 5.86. The molecule has 1 aromatic carbocycles. The lowest BCUT2D eigenvalue weighted by molar-refractivity contribution is -0.142. The Kier molecular flexibility index (Phi) is 5.53. The van der Waals surface area contributed by atoms with Gasteiger partial charge in [0.1, 0.15) is 18.1 Å². The number of hydrogen-bond acceptors (Lipinski definition) is 6. The smallest absolute Gasteiger partial charge is 0.272 e. The van der Waals surface area contributed by atoms with Crippen LogP contribution in [0.15, 0.2) is 53.1 Å². The van der Waals surface area contributed by atoms with E-state index in [1.807, 2.05) is 29.2 Å². The van der Waals surface area contributed by atoms with Crippen LogP contribution in [0.1, 0.15) is 40.7 Å². The van der Waals surface area contributed by atoms with Crippen molar-refractivity contribution in [2.75, 3.05) is 19.7 Å². The quantitative estimate of drug-likeness (QED) is 0.636. The fourth-order valence-corrected chi connectivity index (χ4v) is 4.09. The highest BCUT2D eigenvalue weighted by atomic mass is 16.6. The van der Waals surface area contributed by atoms with E-state index < -0.39 is 6.10 Å². The summed E-state index contributed by atoms with van der Waals surface area (Å²) in [5, 5.41) is 9.93. The summed E-state index contributed by atoms with van der Waals surface area (Å²) in [6.45, 7) is 1.76. The summed E-state index contributed by atoms with van der Waals surface area (Å²) in [6.07, 6.45) is 2.51. The zero-order chi connectivity index (χ0) is 21.9. The Morgan fingerprint density at radius 1 is 1.12 bits per heavy atom. The molecule has 0 radical (unpaired) electrons. The number of furan rings is 1. The van der Waals surface area contributed by atoms with Crippen LogP contribution in [0.4, 0.5) is 0 Å². The summed E-state index contributed by atoms with van der Waals surface area (Å²) in [5.41, 5.74) is 1.25. The van der Waals surface area contributed by atoms with E-state index in [1.54, 1.807) is 24.5 Å². The molecule has 2 aromatic heterocycles. The zero-order valence-electron chi connectivity index (χ0n) is 17.5. The van der Waals surface area contributed by atoms with Gasteiger partial charge in [-0.2, -0.15) is 5.10 Å². The molecule has 1 atom stereocenters. The molecule has 0 aliphatic carbocycles. The molecule has 1 saturated heterocycles. The molecular formula is C23H24N4O5.